The Hall–Kier alpha value is -2.30. The molecule has 0 aromatic heterocycles. The topological polar surface area (TPSA) is 29.1 Å². The van der Waals surface area contributed by atoms with E-state index in [0.717, 1.165) is 17.3 Å². The van der Waals surface area contributed by atoms with Gasteiger partial charge in [0.1, 0.15) is 0 Å². The van der Waals surface area contributed by atoms with E-state index in [0.29, 0.717) is 6.42 Å². The van der Waals surface area contributed by atoms with Crippen molar-refractivity contribution < 1.29 is 18.0 Å². The number of para-hydroxylation sites is 1. The van der Waals surface area contributed by atoms with Crippen molar-refractivity contribution in [2.75, 3.05) is 5.32 Å². The number of rotatable bonds is 4. The van der Waals surface area contributed by atoms with Gasteiger partial charge in [-0.25, -0.2) is 0 Å². The summed E-state index contributed by atoms with van der Waals surface area (Å²) in [6.07, 6.45) is -3.95. The lowest BCUT2D eigenvalue weighted by atomic mass is 10.00. The molecule has 2 nitrogen and oxygen atoms in total. The maximum Gasteiger partial charge on any atom is 0.416 e. The average molecular weight is 347 g/mol. The van der Waals surface area contributed by atoms with Gasteiger partial charge in [-0.15, -0.1) is 0 Å². The largest absolute Gasteiger partial charge is 0.416 e. The monoisotopic (exact) mass is 347 g/mol. The van der Waals surface area contributed by atoms with E-state index in [9.17, 15) is 18.0 Å². The summed E-state index contributed by atoms with van der Waals surface area (Å²) in [4.78, 5) is 12.5. The van der Waals surface area contributed by atoms with Crippen LogP contribution in [0, 0.1) is 5.92 Å². The molecule has 0 radical (unpaired) electrons. The number of carbonyl (C=O) groups is 1. The highest BCUT2D eigenvalue weighted by Gasteiger charge is 2.47. The first-order valence-corrected chi connectivity index (χ1v) is 8.35. The van der Waals surface area contributed by atoms with Crippen molar-refractivity contribution >= 4 is 11.6 Å². The fourth-order valence-corrected chi connectivity index (χ4v) is 3.25. The standard InChI is InChI=1S/C20H20F3NO/c1-12(2)13-7-4-6-10-18(13)24-19(25)16-11-15(16)14-8-3-5-9-17(14)20(21,22)23/h3-10,12,15-16H,11H2,1-2H3,(H,24,25). The molecule has 0 saturated heterocycles. The Morgan fingerprint density at radius 3 is 2.40 bits per heavy atom. The quantitative estimate of drug-likeness (QED) is 0.769. The number of nitrogens with one attached hydrogen (secondary N) is 1. The van der Waals surface area contributed by atoms with Crippen molar-refractivity contribution in [2.45, 2.75) is 38.3 Å². The van der Waals surface area contributed by atoms with E-state index in [1.54, 1.807) is 6.07 Å². The second-order valence-electron chi connectivity index (χ2n) is 6.76. The molecular weight excluding hydrogens is 327 g/mol. The maximum atomic E-state index is 13.2. The number of alkyl halides is 3. The summed E-state index contributed by atoms with van der Waals surface area (Å²) in [7, 11) is 0. The minimum Gasteiger partial charge on any atom is -0.326 e. The Kier molecular flexibility index (Phi) is 4.58. The Morgan fingerprint density at radius 2 is 1.72 bits per heavy atom. The van der Waals surface area contributed by atoms with Gasteiger partial charge in [0.25, 0.3) is 0 Å². The highest BCUT2D eigenvalue weighted by molar-refractivity contribution is 5.96. The van der Waals surface area contributed by atoms with Crippen molar-refractivity contribution in [3.05, 3.63) is 65.2 Å². The zero-order chi connectivity index (χ0) is 18.2. The lowest BCUT2D eigenvalue weighted by molar-refractivity contribution is -0.138. The summed E-state index contributed by atoms with van der Waals surface area (Å²) in [5, 5.41) is 2.89. The molecule has 0 heterocycles. The first kappa shape index (κ1) is 17.5. The molecule has 3 rings (SSSR count). The van der Waals surface area contributed by atoms with Gasteiger partial charge in [0.2, 0.25) is 5.91 Å². The van der Waals surface area contributed by atoms with Crippen LogP contribution in [0.15, 0.2) is 48.5 Å². The number of anilines is 1. The molecule has 1 saturated carbocycles. The van der Waals surface area contributed by atoms with Gasteiger partial charge in [0.15, 0.2) is 0 Å². The first-order valence-electron chi connectivity index (χ1n) is 8.35. The lowest BCUT2D eigenvalue weighted by Gasteiger charge is -2.14. The van der Waals surface area contributed by atoms with Crippen molar-refractivity contribution in [1.29, 1.82) is 0 Å². The molecule has 132 valence electrons. The van der Waals surface area contributed by atoms with Crippen LogP contribution in [-0.4, -0.2) is 5.91 Å². The van der Waals surface area contributed by atoms with Crippen LogP contribution in [0.3, 0.4) is 0 Å². The minimum atomic E-state index is -4.40. The number of hydrogen-bond acceptors (Lipinski definition) is 1. The van der Waals surface area contributed by atoms with E-state index < -0.39 is 17.7 Å². The van der Waals surface area contributed by atoms with Crippen LogP contribution in [0.2, 0.25) is 0 Å². The van der Waals surface area contributed by atoms with E-state index in [1.807, 2.05) is 38.1 Å². The molecule has 1 aliphatic carbocycles. The summed E-state index contributed by atoms with van der Waals surface area (Å²) in [5.74, 6) is -0.750. The third-order valence-corrected chi connectivity index (χ3v) is 4.63. The van der Waals surface area contributed by atoms with E-state index in [2.05, 4.69) is 5.32 Å². The van der Waals surface area contributed by atoms with Gasteiger partial charge < -0.3 is 5.32 Å². The van der Waals surface area contributed by atoms with Gasteiger partial charge in [-0.2, -0.15) is 13.2 Å². The molecular formula is C20H20F3NO. The molecule has 5 heteroatoms. The summed E-state index contributed by atoms with van der Waals surface area (Å²) >= 11 is 0. The van der Waals surface area contributed by atoms with Crippen LogP contribution in [0.1, 0.15) is 48.8 Å². The first-order chi connectivity index (χ1) is 11.8. The molecule has 0 bridgehead atoms. The Balaban J connectivity index is 1.76. The Bertz CT molecular complexity index is 783. The summed E-state index contributed by atoms with van der Waals surface area (Å²) in [6, 6.07) is 13.0. The van der Waals surface area contributed by atoms with E-state index >= 15 is 0 Å². The van der Waals surface area contributed by atoms with Crippen LogP contribution in [0.4, 0.5) is 18.9 Å². The minimum absolute atomic E-state index is 0.213. The van der Waals surface area contributed by atoms with Gasteiger partial charge in [0, 0.05) is 11.6 Å². The molecule has 1 fully saturated rings. The zero-order valence-corrected chi connectivity index (χ0v) is 14.1. The second-order valence-corrected chi connectivity index (χ2v) is 6.76. The van der Waals surface area contributed by atoms with Crippen molar-refractivity contribution in [3.8, 4) is 0 Å². The van der Waals surface area contributed by atoms with Crippen LogP contribution in [-0.2, 0) is 11.0 Å². The van der Waals surface area contributed by atoms with Crippen LogP contribution >= 0.6 is 0 Å². The number of benzene rings is 2. The van der Waals surface area contributed by atoms with Gasteiger partial charge in [-0.1, -0.05) is 50.2 Å². The molecule has 1 amide bonds. The second kappa shape index (κ2) is 6.54. The molecule has 0 spiro atoms. The molecule has 1 aliphatic rings. The SMILES string of the molecule is CC(C)c1ccccc1NC(=O)C1CC1c1ccccc1C(F)(F)F. The normalized spacial score (nSPS) is 19.8. The predicted octanol–water partition coefficient (Wildman–Crippen LogP) is 5.57. The van der Waals surface area contributed by atoms with E-state index in [-0.39, 0.29) is 23.3 Å². The summed E-state index contributed by atoms with van der Waals surface area (Å²) in [5.41, 5.74) is 1.33. The van der Waals surface area contributed by atoms with Gasteiger partial charge in [0.05, 0.1) is 5.56 Å². The van der Waals surface area contributed by atoms with Crippen molar-refractivity contribution in [3.63, 3.8) is 0 Å². The Labute approximate surface area is 145 Å². The fraction of sp³-hybridized carbons (Fsp3) is 0.350. The Morgan fingerprint density at radius 1 is 1.08 bits per heavy atom. The van der Waals surface area contributed by atoms with Crippen LogP contribution < -0.4 is 5.32 Å². The number of amides is 1. The van der Waals surface area contributed by atoms with Crippen LogP contribution in [0.25, 0.3) is 0 Å². The summed E-state index contributed by atoms with van der Waals surface area (Å²) in [6.45, 7) is 4.06. The molecule has 2 atom stereocenters. The van der Waals surface area contributed by atoms with Gasteiger partial charge in [-0.05, 0) is 41.5 Å². The van der Waals surface area contributed by atoms with Gasteiger partial charge >= 0.3 is 6.18 Å². The molecule has 0 aliphatic heterocycles. The zero-order valence-electron chi connectivity index (χ0n) is 14.1. The van der Waals surface area contributed by atoms with Crippen molar-refractivity contribution in [1.82, 2.24) is 0 Å². The van der Waals surface area contributed by atoms with E-state index in [4.69, 9.17) is 0 Å². The average Bonchev–Trinajstić information content (AvgIpc) is 3.35. The molecule has 2 unspecified atom stereocenters. The molecule has 2 aromatic carbocycles. The summed E-state index contributed by atoms with van der Waals surface area (Å²) < 4.78 is 39.5. The highest BCUT2D eigenvalue weighted by atomic mass is 19.4. The van der Waals surface area contributed by atoms with Crippen molar-refractivity contribution in [2.24, 2.45) is 5.92 Å². The number of carbonyl (C=O) groups excluding carboxylic acids is 1. The third kappa shape index (κ3) is 3.70. The smallest absolute Gasteiger partial charge is 0.326 e. The number of halogens is 3. The fourth-order valence-electron chi connectivity index (χ4n) is 3.25. The maximum absolute atomic E-state index is 13.2. The highest BCUT2D eigenvalue weighted by Crippen LogP contribution is 2.51. The van der Waals surface area contributed by atoms with Gasteiger partial charge in [-0.3, -0.25) is 4.79 Å². The molecule has 25 heavy (non-hydrogen) atoms. The third-order valence-electron chi connectivity index (χ3n) is 4.63. The lowest BCUT2D eigenvalue weighted by Crippen LogP contribution is -2.17. The predicted molar refractivity (Wildman–Crippen MR) is 91.5 cm³/mol. The number of hydrogen-bond donors (Lipinski definition) is 1. The molecule has 1 N–H and O–H groups in total. The molecule has 2 aromatic rings. The van der Waals surface area contributed by atoms with E-state index in [1.165, 1.54) is 12.1 Å². The van der Waals surface area contributed by atoms with Crippen LogP contribution in [0.5, 0.6) is 0 Å².